The Morgan fingerprint density at radius 1 is 1.61 bits per heavy atom. The molecule has 1 rings (SSSR count). The maximum Gasteiger partial charge on any atom is 0.321 e. The van der Waals surface area contributed by atoms with Gasteiger partial charge in [0.1, 0.15) is 11.9 Å². The summed E-state index contributed by atoms with van der Waals surface area (Å²) in [5.41, 5.74) is 6.01. The normalized spacial score (nSPS) is 12.7. The fraction of sp³-hybridized carbons (Fsp3) is 0.417. The van der Waals surface area contributed by atoms with Gasteiger partial charge in [-0.25, -0.2) is 4.39 Å². The van der Waals surface area contributed by atoms with Crippen molar-refractivity contribution in [1.82, 2.24) is 4.90 Å². The maximum atomic E-state index is 13.5. The van der Waals surface area contributed by atoms with Crippen LogP contribution in [0, 0.1) is 5.82 Å². The Bertz CT molecular complexity index is 429. The van der Waals surface area contributed by atoms with Gasteiger partial charge < -0.3 is 15.7 Å². The summed E-state index contributed by atoms with van der Waals surface area (Å²) < 4.78 is 14.3. The number of carbonyl (C=O) groups is 1. The first-order chi connectivity index (χ1) is 8.40. The van der Waals surface area contributed by atoms with Crippen molar-refractivity contribution in [3.8, 4) is 0 Å². The molecule has 100 valence electrons. The summed E-state index contributed by atoms with van der Waals surface area (Å²) in [6.07, 6.45) is 0.508. The van der Waals surface area contributed by atoms with Gasteiger partial charge in [-0.05, 0) is 37.2 Å². The van der Waals surface area contributed by atoms with Crippen LogP contribution in [0.25, 0.3) is 0 Å². The second-order valence-corrected chi connectivity index (χ2v) is 5.11. The quantitative estimate of drug-likeness (QED) is 0.833. The van der Waals surface area contributed by atoms with Gasteiger partial charge in [-0.3, -0.25) is 4.79 Å². The molecule has 1 aromatic rings. The predicted octanol–water partition coefficient (Wildman–Crippen LogP) is 1.47. The van der Waals surface area contributed by atoms with Crippen molar-refractivity contribution < 1.29 is 14.3 Å². The number of rotatable bonds is 6. The van der Waals surface area contributed by atoms with E-state index in [9.17, 15) is 9.18 Å². The first-order valence-electron chi connectivity index (χ1n) is 5.51. The standard InChI is InChI=1S/C12H16BrFN2O2/c1-16(7-11(15)12(17)18)5-4-8-6-9(13)2-3-10(8)14/h2-3,6,11H,4-5,7,15H2,1H3,(H,17,18). The zero-order chi connectivity index (χ0) is 13.7. The minimum Gasteiger partial charge on any atom is -0.480 e. The zero-order valence-corrected chi connectivity index (χ0v) is 11.7. The molecule has 0 heterocycles. The van der Waals surface area contributed by atoms with Crippen LogP contribution in [-0.4, -0.2) is 42.2 Å². The molecule has 3 N–H and O–H groups in total. The molecule has 4 nitrogen and oxygen atoms in total. The van der Waals surface area contributed by atoms with Crippen molar-refractivity contribution >= 4 is 21.9 Å². The van der Waals surface area contributed by atoms with Crippen molar-refractivity contribution in [1.29, 1.82) is 0 Å². The predicted molar refractivity (Wildman–Crippen MR) is 70.9 cm³/mol. The lowest BCUT2D eigenvalue weighted by atomic mass is 10.1. The van der Waals surface area contributed by atoms with E-state index < -0.39 is 12.0 Å². The van der Waals surface area contributed by atoms with Gasteiger partial charge in [0.05, 0.1) is 0 Å². The molecule has 6 heteroatoms. The van der Waals surface area contributed by atoms with Gasteiger partial charge in [-0.15, -0.1) is 0 Å². The van der Waals surface area contributed by atoms with E-state index in [2.05, 4.69) is 15.9 Å². The minimum absolute atomic E-state index is 0.241. The van der Waals surface area contributed by atoms with Crippen LogP contribution in [0.3, 0.4) is 0 Å². The molecule has 1 unspecified atom stereocenters. The highest BCUT2D eigenvalue weighted by Gasteiger charge is 2.14. The lowest BCUT2D eigenvalue weighted by molar-refractivity contribution is -0.138. The first kappa shape index (κ1) is 15.1. The number of halogens is 2. The Balaban J connectivity index is 2.49. The number of nitrogens with two attached hydrogens (primary N) is 1. The van der Waals surface area contributed by atoms with Gasteiger partial charge in [0.25, 0.3) is 0 Å². The molecule has 1 atom stereocenters. The van der Waals surface area contributed by atoms with Crippen LogP contribution in [0.15, 0.2) is 22.7 Å². The van der Waals surface area contributed by atoms with E-state index in [1.807, 2.05) is 0 Å². The molecule has 0 saturated carbocycles. The number of carboxylic acid groups (broad SMARTS) is 1. The highest BCUT2D eigenvalue weighted by molar-refractivity contribution is 9.10. The number of carboxylic acids is 1. The smallest absolute Gasteiger partial charge is 0.321 e. The number of aliphatic carboxylic acids is 1. The van der Waals surface area contributed by atoms with Crippen molar-refractivity contribution in [2.45, 2.75) is 12.5 Å². The lowest BCUT2D eigenvalue weighted by Crippen LogP contribution is -2.41. The van der Waals surface area contributed by atoms with Crippen LogP contribution < -0.4 is 5.73 Å². The molecular weight excluding hydrogens is 303 g/mol. The number of likely N-dealkylation sites (N-methyl/N-ethyl adjacent to an activating group) is 1. The number of nitrogens with zero attached hydrogens (tertiary/aromatic N) is 1. The highest BCUT2D eigenvalue weighted by atomic mass is 79.9. The molecule has 1 aromatic carbocycles. The average Bonchev–Trinajstić information content (AvgIpc) is 2.30. The second kappa shape index (κ2) is 6.82. The molecule has 0 amide bonds. The summed E-state index contributed by atoms with van der Waals surface area (Å²) in [4.78, 5) is 12.4. The topological polar surface area (TPSA) is 66.6 Å². The van der Waals surface area contributed by atoms with Crippen molar-refractivity contribution in [2.75, 3.05) is 20.1 Å². The van der Waals surface area contributed by atoms with Crippen LogP contribution in [-0.2, 0) is 11.2 Å². The van der Waals surface area contributed by atoms with Crippen LogP contribution in [0.1, 0.15) is 5.56 Å². The third kappa shape index (κ3) is 4.72. The SMILES string of the molecule is CN(CCc1cc(Br)ccc1F)CC(N)C(=O)O. The molecule has 0 saturated heterocycles. The molecule has 0 aliphatic heterocycles. The summed E-state index contributed by atoms with van der Waals surface area (Å²) in [6.45, 7) is 0.791. The van der Waals surface area contributed by atoms with Crippen molar-refractivity contribution in [2.24, 2.45) is 5.73 Å². The monoisotopic (exact) mass is 318 g/mol. The van der Waals surface area contributed by atoms with E-state index in [4.69, 9.17) is 10.8 Å². The van der Waals surface area contributed by atoms with E-state index in [1.54, 1.807) is 24.1 Å². The number of hydrogen-bond acceptors (Lipinski definition) is 3. The Kier molecular flexibility index (Phi) is 5.71. The van der Waals surface area contributed by atoms with Crippen LogP contribution in [0.5, 0.6) is 0 Å². The van der Waals surface area contributed by atoms with Crippen molar-refractivity contribution in [3.05, 3.63) is 34.1 Å². The molecule has 0 bridgehead atoms. The average molecular weight is 319 g/mol. The van der Waals surface area contributed by atoms with E-state index in [0.29, 0.717) is 18.5 Å². The molecule has 0 aliphatic carbocycles. The third-order valence-corrected chi connectivity index (χ3v) is 3.09. The molecule has 18 heavy (non-hydrogen) atoms. The van der Waals surface area contributed by atoms with Gasteiger partial charge in [0.15, 0.2) is 0 Å². The lowest BCUT2D eigenvalue weighted by Gasteiger charge is -2.19. The fourth-order valence-corrected chi connectivity index (χ4v) is 1.96. The Labute approximate surface area is 114 Å². The molecule has 0 spiro atoms. The van der Waals surface area contributed by atoms with E-state index in [0.717, 1.165) is 4.47 Å². The van der Waals surface area contributed by atoms with Gasteiger partial charge in [-0.2, -0.15) is 0 Å². The van der Waals surface area contributed by atoms with Gasteiger partial charge in [0, 0.05) is 17.6 Å². The number of hydrogen-bond donors (Lipinski definition) is 2. The number of benzene rings is 1. The highest BCUT2D eigenvalue weighted by Crippen LogP contribution is 2.16. The van der Waals surface area contributed by atoms with Crippen LogP contribution >= 0.6 is 15.9 Å². The molecule has 0 radical (unpaired) electrons. The Morgan fingerprint density at radius 3 is 2.89 bits per heavy atom. The van der Waals surface area contributed by atoms with Gasteiger partial charge >= 0.3 is 5.97 Å². The van der Waals surface area contributed by atoms with Crippen molar-refractivity contribution in [3.63, 3.8) is 0 Å². The fourth-order valence-electron chi connectivity index (χ4n) is 1.55. The van der Waals surface area contributed by atoms with Gasteiger partial charge in [-0.1, -0.05) is 15.9 Å². The van der Waals surface area contributed by atoms with Crippen LogP contribution in [0.2, 0.25) is 0 Å². The third-order valence-electron chi connectivity index (χ3n) is 2.60. The second-order valence-electron chi connectivity index (χ2n) is 4.19. The molecule has 0 fully saturated rings. The summed E-state index contributed by atoms with van der Waals surface area (Å²) in [6, 6.07) is 3.85. The summed E-state index contributed by atoms with van der Waals surface area (Å²) in [5, 5.41) is 8.68. The molecule has 0 aliphatic rings. The van der Waals surface area contributed by atoms with Crippen LogP contribution in [0.4, 0.5) is 4.39 Å². The molecular formula is C12H16BrFN2O2. The van der Waals surface area contributed by atoms with E-state index in [-0.39, 0.29) is 12.4 Å². The summed E-state index contributed by atoms with van der Waals surface area (Å²) in [7, 11) is 1.76. The first-order valence-corrected chi connectivity index (χ1v) is 6.30. The zero-order valence-electron chi connectivity index (χ0n) is 10.1. The van der Waals surface area contributed by atoms with E-state index >= 15 is 0 Å². The summed E-state index contributed by atoms with van der Waals surface area (Å²) >= 11 is 3.28. The minimum atomic E-state index is -1.03. The van der Waals surface area contributed by atoms with Gasteiger partial charge in [0.2, 0.25) is 0 Å². The van der Waals surface area contributed by atoms with E-state index in [1.165, 1.54) is 6.07 Å². The summed E-state index contributed by atoms with van der Waals surface area (Å²) in [5.74, 6) is -1.29. The maximum absolute atomic E-state index is 13.5. The largest absolute Gasteiger partial charge is 0.480 e. The molecule has 0 aromatic heterocycles. The Hall–Kier alpha value is -0.980. The Morgan fingerprint density at radius 2 is 2.28 bits per heavy atom.